The average Bonchev–Trinajstić information content (AvgIpc) is 3.66. The number of ether oxygens (including phenoxy) is 5. The van der Waals surface area contributed by atoms with E-state index in [1.807, 2.05) is 34.6 Å². The Kier molecular flexibility index (Phi) is 14.8. The molecule has 0 aromatic heterocycles. The molecule has 0 aromatic carbocycles. The molecule has 0 bridgehead atoms. The summed E-state index contributed by atoms with van der Waals surface area (Å²) in [6.07, 6.45) is 10.3. The van der Waals surface area contributed by atoms with E-state index in [0.717, 1.165) is 90.8 Å². The van der Waals surface area contributed by atoms with Crippen LogP contribution in [0.3, 0.4) is 0 Å². The lowest BCUT2D eigenvalue weighted by molar-refractivity contribution is -0.255. The summed E-state index contributed by atoms with van der Waals surface area (Å²) in [4.78, 5) is 17.0. The van der Waals surface area contributed by atoms with E-state index in [2.05, 4.69) is 9.80 Å². The minimum Gasteiger partial charge on any atom is -0.466 e. The molecule has 2 aliphatic carbocycles. The smallest absolute Gasteiger partial charge is 0.308 e. The molecule has 0 radical (unpaired) electrons. The first-order valence-corrected chi connectivity index (χ1v) is 16.7. The number of aliphatic hydroxyl groups excluding tert-OH is 1. The largest absolute Gasteiger partial charge is 0.466 e. The SMILES string of the molecule is CCOC(=O)[C@H]1CC[C@@H](N2CCC(OCC)(OCC)CC2)C1.CCOC1(OCC)CCN([C@@H]2CC[C@H](CO)C2)CC1. The van der Waals surface area contributed by atoms with Gasteiger partial charge in [0.25, 0.3) is 0 Å². The van der Waals surface area contributed by atoms with E-state index in [1.54, 1.807) is 0 Å². The first-order valence-electron chi connectivity index (χ1n) is 16.7. The maximum Gasteiger partial charge on any atom is 0.308 e. The standard InChI is InChI=1S/C17H31NO4.C15H29NO3/c1-4-20-16(19)14-7-8-15(13-14)18-11-9-17(10-12-18,21-5-2)22-6-3;1-3-18-15(19-4-2)7-9-16(10-8-15)14-6-5-13(11-14)12-17/h14-15H,4-13H2,1-3H3;13-14,17H,3-12H2,1-2H3/t14-,15+;13-,14+/m00/s1. The third-order valence-corrected chi connectivity index (χ3v) is 9.58. The number of nitrogens with zero attached hydrogens (tertiary/aromatic N) is 2. The van der Waals surface area contributed by atoms with E-state index in [-0.39, 0.29) is 23.5 Å². The number of rotatable bonds is 13. The Labute approximate surface area is 249 Å². The molecule has 240 valence electrons. The van der Waals surface area contributed by atoms with Gasteiger partial charge in [-0.05, 0) is 79.1 Å². The molecule has 2 aliphatic heterocycles. The van der Waals surface area contributed by atoms with Crippen molar-refractivity contribution in [2.75, 3.05) is 65.8 Å². The molecule has 2 saturated carbocycles. The molecule has 9 heteroatoms. The molecule has 4 rings (SSSR count). The van der Waals surface area contributed by atoms with Crippen molar-refractivity contribution in [3.63, 3.8) is 0 Å². The van der Waals surface area contributed by atoms with Gasteiger partial charge in [0.15, 0.2) is 11.6 Å². The van der Waals surface area contributed by atoms with Crippen LogP contribution in [0.15, 0.2) is 0 Å². The first-order chi connectivity index (χ1) is 19.9. The molecule has 0 unspecified atom stereocenters. The van der Waals surface area contributed by atoms with Crippen LogP contribution in [0.5, 0.6) is 0 Å². The van der Waals surface area contributed by atoms with Gasteiger partial charge in [-0.15, -0.1) is 0 Å². The zero-order chi connectivity index (χ0) is 29.7. The number of piperidine rings is 2. The molecule has 4 atom stereocenters. The quantitative estimate of drug-likeness (QED) is 0.247. The Morgan fingerprint density at radius 1 is 0.659 bits per heavy atom. The molecule has 0 amide bonds. The minimum absolute atomic E-state index is 0.0139. The summed E-state index contributed by atoms with van der Waals surface area (Å²) in [5.74, 6) is -0.125. The van der Waals surface area contributed by atoms with Crippen LogP contribution in [0.4, 0.5) is 0 Å². The summed E-state index contributed by atoms with van der Waals surface area (Å²) in [5, 5.41) is 9.25. The van der Waals surface area contributed by atoms with Gasteiger partial charge < -0.3 is 28.8 Å². The van der Waals surface area contributed by atoms with Gasteiger partial charge >= 0.3 is 5.97 Å². The van der Waals surface area contributed by atoms with Crippen LogP contribution in [0.25, 0.3) is 0 Å². The Balaban J connectivity index is 0.000000228. The van der Waals surface area contributed by atoms with Gasteiger partial charge in [-0.1, -0.05) is 0 Å². The molecular formula is C32H60N2O7. The second kappa shape index (κ2) is 17.5. The van der Waals surface area contributed by atoms with Crippen LogP contribution in [-0.4, -0.2) is 110 Å². The zero-order valence-electron chi connectivity index (χ0n) is 26.7. The van der Waals surface area contributed by atoms with E-state index in [1.165, 1.54) is 12.8 Å². The number of aliphatic hydroxyl groups is 1. The van der Waals surface area contributed by atoms with E-state index < -0.39 is 0 Å². The van der Waals surface area contributed by atoms with E-state index in [9.17, 15) is 9.90 Å². The highest BCUT2D eigenvalue weighted by Gasteiger charge is 2.41. The molecule has 41 heavy (non-hydrogen) atoms. The Bertz CT molecular complexity index is 722. The molecule has 9 nitrogen and oxygen atoms in total. The van der Waals surface area contributed by atoms with Crippen LogP contribution in [-0.2, 0) is 28.5 Å². The fourth-order valence-electron chi connectivity index (χ4n) is 7.48. The van der Waals surface area contributed by atoms with E-state index in [0.29, 0.717) is 44.4 Å². The van der Waals surface area contributed by atoms with Gasteiger partial charge in [-0.2, -0.15) is 0 Å². The summed E-state index contributed by atoms with van der Waals surface area (Å²) in [6, 6.07) is 1.18. The number of hydrogen-bond donors (Lipinski definition) is 1. The summed E-state index contributed by atoms with van der Waals surface area (Å²) in [6.45, 7) is 17.7. The molecule has 2 heterocycles. The number of esters is 1. The lowest BCUT2D eigenvalue weighted by Crippen LogP contribution is -2.50. The Morgan fingerprint density at radius 3 is 1.49 bits per heavy atom. The van der Waals surface area contributed by atoms with Crippen molar-refractivity contribution in [3.05, 3.63) is 0 Å². The van der Waals surface area contributed by atoms with Crippen LogP contribution in [0.1, 0.15) is 98.8 Å². The van der Waals surface area contributed by atoms with Crippen molar-refractivity contribution in [1.82, 2.24) is 9.80 Å². The van der Waals surface area contributed by atoms with Crippen molar-refractivity contribution in [3.8, 4) is 0 Å². The normalized spacial score (nSPS) is 30.1. The van der Waals surface area contributed by atoms with Gasteiger partial charge in [0.1, 0.15) is 0 Å². The number of likely N-dealkylation sites (tertiary alicyclic amines) is 2. The number of carbonyl (C=O) groups excluding carboxylic acids is 1. The second-order valence-electron chi connectivity index (χ2n) is 12.1. The van der Waals surface area contributed by atoms with Crippen molar-refractivity contribution in [1.29, 1.82) is 0 Å². The first kappa shape index (κ1) is 34.7. The number of carbonyl (C=O) groups is 1. The third-order valence-electron chi connectivity index (χ3n) is 9.58. The fraction of sp³-hybridized carbons (Fsp3) is 0.969. The van der Waals surface area contributed by atoms with Crippen molar-refractivity contribution >= 4 is 5.97 Å². The average molecular weight is 585 g/mol. The van der Waals surface area contributed by atoms with Gasteiger partial charge in [0, 0.05) is 97.0 Å². The monoisotopic (exact) mass is 584 g/mol. The highest BCUT2D eigenvalue weighted by Crippen LogP contribution is 2.36. The maximum absolute atomic E-state index is 11.9. The highest BCUT2D eigenvalue weighted by molar-refractivity contribution is 5.72. The summed E-state index contributed by atoms with van der Waals surface area (Å²) < 4.78 is 28.7. The third kappa shape index (κ3) is 9.85. The second-order valence-corrected chi connectivity index (χ2v) is 12.1. The van der Waals surface area contributed by atoms with Gasteiger partial charge in [0.2, 0.25) is 0 Å². The summed E-state index contributed by atoms with van der Waals surface area (Å²) in [7, 11) is 0. The Hall–Kier alpha value is -0.810. The van der Waals surface area contributed by atoms with Crippen LogP contribution < -0.4 is 0 Å². The van der Waals surface area contributed by atoms with Crippen molar-refractivity contribution in [2.45, 2.75) is 122 Å². The predicted molar refractivity (Wildman–Crippen MR) is 160 cm³/mol. The molecular weight excluding hydrogens is 524 g/mol. The fourth-order valence-corrected chi connectivity index (χ4v) is 7.48. The lowest BCUT2D eigenvalue weighted by atomic mass is 10.0. The molecule has 1 N–H and O–H groups in total. The minimum atomic E-state index is -0.390. The molecule has 0 aromatic rings. The number of hydrogen-bond acceptors (Lipinski definition) is 9. The summed E-state index contributed by atoms with van der Waals surface area (Å²) >= 11 is 0. The Morgan fingerprint density at radius 2 is 1.10 bits per heavy atom. The van der Waals surface area contributed by atoms with Gasteiger partial charge in [-0.3, -0.25) is 14.6 Å². The van der Waals surface area contributed by atoms with E-state index >= 15 is 0 Å². The van der Waals surface area contributed by atoms with Crippen LogP contribution >= 0.6 is 0 Å². The molecule has 4 aliphatic rings. The molecule has 2 saturated heterocycles. The van der Waals surface area contributed by atoms with Gasteiger partial charge in [0.05, 0.1) is 12.5 Å². The molecule has 0 spiro atoms. The molecule has 4 fully saturated rings. The van der Waals surface area contributed by atoms with Gasteiger partial charge in [-0.25, -0.2) is 0 Å². The van der Waals surface area contributed by atoms with Crippen LogP contribution in [0.2, 0.25) is 0 Å². The lowest BCUT2D eigenvalue weighted by Gasteiger charge is -2.43. The van der Waals surface area contributed by atoms with Crippen molar-refractivity contribution < 1.29 is 33.6 Å². The van der Waals surface area contributed by atoms with Crippen molar-refractivity contribution in [2.24, 2.45) is 11.8 Å². The van der Waals surface area contributed by atoms with Crippen LogP contribution in [0, 0.1) is 11.8 Å². The predicted octanol–water partition coefficient (Wildman–Crippen LogP) is 4.60. The maximum atomic E-state index is 11.9. The van der Waals surface area contributed by atoms with E-state index in [4.69, 9.17) is 23.7 Å². The topological polar surface area (TPSA) is 89.9 Å². The highest BCUT2D eigenvalue weighted by atomic mass is 16.7. The zero-order valence-corrected chi connectivity index (χ0v) is 26.7. The summed E-state index contributed by atoms with van der Waals surface area (Å²) in [5.41, 5.74) is 0.